The third-order valence-corrected chi connectivity index (χ3v) is 3.60. The monoisotopic (exact) mass is 238 g/mol. The third-order valence-electron chi connectivity index (χ3n) is 3.60. The van der Waals surface area contributed by atoms with E-state index >= 15 is 0 Å². The summed E-state index contributed by atoms with van der Waals surface area (Å²) in [5.41, 5.74) is 5.32. The fourth-order valence-electron chi connectivity index (χ4n) is 2.56. The van der Waals surface area contributed by atoms with Gasteiger partial charge >= 0.3 is 0 Å². The van der Waals surface area contributed by atoms with Crippen LogP contribution < -0.4 is 5.32 Å². The number of aryl methyl sites for hydroxylation is 1. The van der Waals surface area contributed by atoms with Gasteiger partial charge in [-0.3, -0.25) is 4.98 Å². The van der Waals surface area contributed by atoms with Crippen LogP contribution in [0.15, 0.2) is 42.6 Å². The van der Waals surface area contributed by atoms with Crippen LogP contribution in [0.1, 0.15) is 22.4 Å². The number of pyridine rings is 1. The van der Waals surface area contributed by atoms with Gasteiger partial charge in [0.25, 0.3) is 0 Å². The molecule has 0 spiro atoms. The Morgan fingerprint density at radius 2 is 1.83 bits per heavy atom. The molecule has 1 aliphatic carbocycles. The molecule has 0 unspecified atom stereocenters. The molecule has 0 saturated carbocycles. The first-order valence-electron chi connectivity index (χ1n) is 6.53. The summed E-state index contributed by atoms with van der Waals surface area (Å²) in [4.78, 5) is 4.43. The van der Waals surface area contributed by atoms with Crippen LogP contribution in [-0.2, 0) is 19.4 Å². The molecule has 0 atom stereocenters. The number of nitrogens with one attached hydrogen (secondary N) is 1. The van der Waals surface area contributed by atoms with Crippen molar-refractivity contribution in [3.8, 4) is 0 Å². The van der Waals surface area contributed by atoms with E-state index in [9.17, 15) is 0 Å². The van der Waals surface area contributed by atoms with E-state index in [0.29, 0.717) is 6.04 Å². The molecule has 1 aromatic carbocycles. The first kappa shape index (κ1) is 11.4. The minimum Gasteiger partial charge on any atom is -0.308 e. The molecule has 0 aliphatic heterocycles. The first-order valence-corrected chi connectivity index (χ1v) is 6.53. The van der Waals surface area contributed by atoms with Crippen LogP contribution in [0.5, 0.6) is 0 Å². The molecule has 1 heterocycles. The summed E-state index contributed by atoms with van der Waals surface area (Å²) in [7, 11) is 0. The molecule has 1 aliphatic rings. The molecular weight excluding hydrogens is 220 g/mol. The number of benzene rings is 1. The summed E-state index contributed by atoms with van der Waals surface area (Å²) >= 11 is 0. The topological polar surface area (TPSA) is 24.9 Å². The lowest BCUT2D eigenvalue weighted by atomic mass is 10.1. The standard InChI is InChI=1S/C16H18N2/c1-12-6-7-15(17-10-12)11-18-16-8-13-4-2-3-5-14(13)9-16/h2-7,10,16,18H,8-9,11H2,1H3. The summed E-state index contributed by atoms with van der Waals surface area (Å²) in [6.07, 6.45) is 4.21. The molecule has 0 amide bonds. The maximum atomic E-state index is 4.43. The van der Waals surface area contributed by atoms with Crippen molar-refractivity contribution >= 4 is 0 Å². The molecule has 0 radical (unpaired) electrons. The van der Waals surface area contributed by atoms with Gasteiger partial charge < -0.3 is 5.32 Å². The number of hydrogen-bond donors (Lipinski definition) is 1. The summed E-state index contributed by atoms with van der Waals surface area (Å²) < 4.78 is 0. The molecule has 0 bridgehead atoms. The van der Waals surface area contributed by atoms with Crippen molar-refractivity contribution in [1.82, 2.24) is 10.3 Å². The van der Waals surface area contributed by atoms with E-state index in [2.05, 4.69) is 53.6 Å². The van der Waals surface area contributed by atoms with E-state index in [-0.39, 0.29) is 0 Å². The average Bonchev–Trinajstić information content (AvgIpc) is 2.81. The van der Waals surface area contributed by atoms with Crippen LogP contribution in [0.2, 0.25) is 0 Å². The summed E-state index contributed by atoms with van der Waals surface area (Å²) in [6, 6.07) is 13.5. The van der Waals surface area contributed by atoms with Gasteiger partial charge in [-0.05, 0) is 42.5 Å². The zero-order valence-corrected chi connectivity index (χ0v) is 10.7. The number of nitrogens with zero attached hydrogens (tertiary/aromatic N) is 1. The highest BCUT2D eigenvalue weighted by molar-refractivity contribution is 5.33. The minimum absolute atomic E-state index is 0.561. The molecule has 1 aromatic heterocycles. The smallest absolute Gasteiger partial charge is 0.0541 e. The average molecular weight is 238 g/mol. The van der Waals surface area contributed by atoms with Crippen LogP contribution in [0, 0.1) is 6.92 Å². The lowest BCUT2D eigenvalue weighted by Gasteiger charge is -2.11. The summed E-state index contributed by atoms with van der Waals surface area (Å²) in [5.74, 6) is 0. The Bertz CT molecular complexity index is 506. The molecular formula is C16H18N2. The molecule has 0 fully saturated rings. The van der Waals surface area contributed by atoms with Crippen molar-refractivity contribution in [2.45, 2.75) is 32.4 Å². The van der Waals surface area contributed by atoms with Gasteiger partial charge in [0.1, 0.15) is 0 Å². The Kier molecular flexibility index (Phi) is 3.11. The van der Waals surface area contributed by atoms with Gasteiger partial charge in [-0.1, -0.05) is 30.3 Å². The van der Waals surface area contributed by atoms with Crippen molar-refractivity contribution in [3.05, 3.63) is 65.0 Å². The minimum atomic E-state index is 0.561. The molecule has 0 saturated heterocycles. The molecule has 3 rings (SSSR count). The lowest BCUT2D eigenvalue weighted by molar-refractivity contribution is 0.528. The van der Waals surface area contributed by atoms with Gasteiger partial charge in [0.2, 0.25) is 0 Å². The van der Waals surface area contributed by atoms with Crippen molar-refractivity contribution in [3.63, 3.8) is 0 Å². The number of rotatable bonds is 3. The number of aromatic nitrogens is 1. The van der Waals surface area contributed by atoms with Gasteiger partial charge in [0, 0.05) is 18.8 Å². The lowest BCUT2D eigenvalue weighted by Crippen LogP contribution is -2.29. The van der Waals surface area contributed by atoms with Gasteiger partial charge in [0.15, 0.2) is 0 Å². The van der Waals surface area contributed by atoms with E-state index in [1.54, 1.807) is 0 Å². The van der Waals surface area contributed by atoms with Crippen LogP contribution in [0.25, 0.3) is 0 Å². The Labute approximate surface area is 108 Å². The van der Waals surface area contributed by atoms with Crippen LogP contribution in [0.3, 0.4) is 0 Å². The van der Waals surface area contributed by atoms with Crippen LogP contribution in [-0.4, -0.2) is 11.0 Å². The third kappa shape index (κ3) is 2.44. The fourth-order valence-corrected chi connectivity index (χ4v) is 2.56. The van der Waals surface area contributed by atoms with E-state index < -0.39 is 0 Å². The number of fused-ring (bicyclic) bond motifs is 1. The molecule has 2 nitrogen and oxygen atoms in total. The van der Waals surface area contributed by atoms with Gasteiger partial charge in [-0.25, -0.2) is 0 Å². The van der Waals surface area contributed by atoms with Crippen LogP contribution in [0.4, 0.5) is 0 Å². The van der Waals surface area contributed by atoms with Crippen molar-refractivity contribution in [1.29, 1.82) is 0 Å². The highest BCUT2D eigenvalue weighted by Gasteiger charge is 2.19. The summed E-state index contributed by atoms with van der Waals surface area (Å²) in [5, 5.41) is 3.60. The Balaban J connectivity index is 1.58. The highest BCUT2D eigenvalue weighted by Crippen LogP contribution is 2.21. The van der Waals surface area contributed by atoms with E-state index in [4.69, 9.17) is 0 Å². The number of hydrogen-bond acceptors (Lipinski definition) is 2. The van der Waals surface area contributed by atoms with Crippen molar-refractivity contribution in [2.75, 3.05) is 0 Å². The van der Waals surface area contributed by atoms with Crippen molar-refractivity contribution < 1.29 is 0 Å². The first-order chi connectivity index (χ1) is 8.81. The second-order valence-corrected chi connectivity index (χ2v) is 5.08. The SMILES string of the molecule is Cc1ccc(CNC2Cc3ccccc3C2)nc1. The van der Waals surface area contributed by atoms with E-state index in [1.807, 2.05) is 6.20 Å². The van der Waals surface area contributed by atoms with E-state index in [1.165, 1.54) is 16.7 Å². The normalized spacial score (nSPS) is 14.7. The highest BCUT2D eigenvalue weighted by atomic mass is 14.9. The fraction of sp³-hybridized carbons (Fsp3) is 0.312. The second kappa shape index (κ2) is 4.91. The Morgan fingerprint density at radius 1 is 1.11 bits per heavy atom. The molecule has 92 valence electrons. The maximum absolute atomic E-state index is 4.43. The molecule has 2 aromatic rings. The predicted octanol–water partition coefficient (Wildman–Crippen LogP) is 2.65. The zero-order chi connectivity index (χ0) is 12.4. The quantitative estimate of drug-likeness (QED) is 0.889. The Morgan fingerprint density at radius 3 is 2.44 bits per heavy atom. The largest absolute Gasteiger partial charge is 0.308 e. The predicted molar refractivity (Wildman–Crippen MR) is 73.5 cm³/mol. The maximum Gasteiger partial charge on any atom is 0.0541 e. The van der Waals surface area contributed by atoms with Gasteiger partial charge in [-0.15, -0.1) is 0 Å². The van der Waals surface area contributed by atoms with Crippen molar-refractivity contribution in [2.24, 2.45) is 0 Å². The molecule has 2 heteroatoms. The Hall–Kier alpha value is -1.67. The van der Waals surface area contributed by atoms with Gasteiger partial charge in [-0.2, -0.15) is 0 Å². The molecule has 18 heavy (non-hydrogen) atoms. The summed E-state index contributed by atoms with van der Waals surface area (Å²) in [6.45, 7) is 2.93. The van der Waals surface area contributed by atoms with Crippen LogP contribution >= 0.6 is 0 Å². The zero-order valence-electron chi connectivity index (χ0n) is 10.7. The van der Waals surface area contributed by atoms with E-state index in [0.717, 1.165) is 25.1 Å². The molecule has 1 N–H and O–H groups in total. The second-order valence-electron chi connectivity index (χ2n) is 5.08. The van der Waals surface area contributed by atoms with Gasteiger partial charge in [0.05, 0.1) is 5.69 Å².